The van der Waals surface area contributed by atoms with Gasteiger partial charge >= 0.3 is 0 Å². The Morgan fingerprint density at radius 1 is 1.33 bits per heavy atom. The Balaban J connectivity index is 3.40. The third-order valence-corrected chi connectivity index (χ3v) is 1.94. The maximum atomic E-state index is 8.98. The molecule has 1 aromatic heterocycles. The van der Waals surface area contributed by atoms with Crippen molar-refractivity contribution in [2.24, 2.45) is 0 Å². The van der Waals surface area contributed by atoms with Crippen molar-refractivity contribution in [1.82, 2.24) is 9.97 Å². The van der Waals surface area contributed by atoms with E-state index >= 15 is 0 Å². The number of hydrogen-bond acceptors (Lipinski definition) is 4. The first-order chi connectivity index (χ1) is 7.10. The molecule has 0 radical (unpaired) electrons. The van der Waals surface area contributed by atoms with Crippen molar-refractivity contribution in [3.05, 3.63) is 23.0 Å². The molecule has 0 aliphatic rings. The average Bonchev–Trinajstić information content (AvgIpc) is 2.17. The van der Waals surface area contributed by atoms with Crippen LogP contribution in [0.4, 0.5) is 5.95 Å². The molecule has 4 nitrogen and oxygen atoms in total. The molecule has 0 saturated heterocycles. The Kier molecular flexibility index (Phi) is 3.40. The van der Waals surface area contributed by atoms with Crippen LogP contribution in [-0.2, 0) is 0 Å². The standard InChI is InChI=1S/C11H14N4/c1-5-6-10-9(7-12)8(2)13-11(14-10)15(3)4/h5-6H,1-4H3/b6-5+. The molecule has 1 aromatic rings. The monoisotopic (exact) mass is 202 g/mol. The number of nitriles is 1. The third kappa shape index (κ3) is 2.32. The Morgan fingerprint density at radius 2 is 2.00 bits per heavy atom. The summed E-state index contributed by atoms with van der Waals surface area (Å²) < 4.78 is 0. The van der Waals surface area contributed by atoms with Crippen LogP contribution in [-0.4, -0.2) is 24.1 Å². The highest BCUT2D eigenvalue weighted by molar-refractivity contribution is 5.57. The number of anilines is 1. The summed E-state index contributed by atoms with van der Waals surface area (Å²) in [6, 6.07) is 2.12. The molecule has 0 N–H and O–H groups in total. The molecule has 0 spiro atoms. The summed E-state index contributed by atoms with van der Waals surface area (Å²) in [4.78, 5) is 10.4. The summed E-state index contributed by atoms with van der Waals surface area (Å²) in [6.45, 7) is 3.72. The zero-order valence-corrected chi connectivity index (χ0v) is 9.44. The van der Waals surface area contributed by atoms with E-state index in [0.29, 0.717) is 22.9 Å². The van der Waals surface area contributed by atoms with Gasteiger partial charge in [0.05, 0.1) is 17.0 Å². The van der Waals surface area contributed by atoms with Gasteiger partial charge in [0.15, 0.2) is 0 Å². The predicted molar refractivity (Wildman–Crippen MR) is 60.5 cm³/mol. The smallest absolute Gasteiger partial charge is 0.225 e. The van der Waals surface area contributed by atoms with E-state index in [0.717, 1.165) is 0 Å². The quantitative estimate of drug-likeness (QED) is 0.733. The fraction of sp³-hybridized carbons (Fsp3) is 0.364. The van der Waals surface area contributed by atoms with Crippen LogP contribution < -0.4 is 4.90 Å². The van der Waals surface area contributed by atoms with Crippen molar-refractivity contribution in [2.75, 3.05) is 19.0 Å². The highest BCUT2D eigenvalue weighted by Gasteiger charge is 2.09. The zero-order valence-electron chi connectivity index (χ0n) is 9.44. The molecule has 15 heavy (non-hydrogen) atoms. The number of hydrogen-bond donors (Lipinski definition) is 0. The van der Waals surface area contributed by atoms with Crippen molar-refractivity contribution >= 4 is 12.0 Å². The summed E-state index contributed by atoms with van der Waals surface area (Å²) in [5.74, 6) is 0.625. The predicted octanol–water partition coefficient (Wildman–Crippen LogP) is 1.76. The zero-order chi connectivity index (χ0) is 11.4. The van der Waals surface area contributed by atoms with Crippen molar-refractivity contribution in [3.63, 3.8) is 0 Å². The lowest BCUT2D eigenvalue weighted by molar-refractivity contribution is 0.965. The van der Waals surface area contributed by atoms with Crippen LogP contribution in [0, 0.1) is 18.3 Å². The summed E-state index contributed by atoms with van der Waals surface area (Å²) in [6.07, 6.45) is 3.68. The van der Waals surface area contributed by atoms with Crippen molar-refractivity contribution in [3.8, 4) is 6.07 Å². The van der Waals surface area contributed by atoms with Crippen LogP contribution in [0.15, 0.2) is 6.08 Å². The number of rotatable bonds is 2. The molecular weight excluding hydrogens is 188 g/mol. The van der Waals surface area contributed by atoms with Crippen LogP contribution in [0.2, 0.25) is 0 Å². The molecule has 0 aliphatic heterocycles. The third-order valence-electron chi connectivity index (χ3n) is 1.94. The van der Waals surface area contributed by atoms with Gasteiger partial charge < -0.3 is 4.90 Å². The van der Waals surface area contributed by atoms with E-state index in [-0.39, 0.29) is 0 Å². The second kappa shape index (κ2) is 4.56. The summed E-state index contributed by atoms with van der Waals surface area (Å²) in [5.41, 5.74) is 1.93. The van der Waals surface area contributed by atoms with Crippen LogP contribution in [0.3, 0.4) is 0 Å². The van der Waals surface area contributed by atoms with Crippen LogP contribution in [0.25, 0.3) is 6.08 Å². The van der Waals surface area contributed by atoms with Gasteiger partial charge in [0.1, 0.15) is 6.07 Å². The first-order valence-corrected chi connectivity index (χ1v) is 4.69. The highest BCUT2D eigenvalue weighted by Crippen LogP contribution is 2.15. The van der Waals surface area contributed by atoms with Gasteiger partial charge in [-0.1, -0.05) is 6.08 Å². The molecular formula is C11H14N4. The Morgan fingerprint density at radius 3 is 2.47 bits per heavy atom. The van der Waals surface area contributed by atoms with Crippen molar-refractivity contribution in [1.29, 1.82) is 5.26 Å². The minimum atomic E-state index is 0.540. The molecule has 0 bridgehead atoms. The first kappa shape index (κ1) is 11.2. The molecule has 0 unspecified atom stereocenters. The highest BCUT2D eigenvalue weighted by atomic mass is 15.2. The van der Waals surface area contributed by atoms with Crippen molar-refractivity contribution < 1.29 is 0 Å². The van der Waals surface area contributed by atoms with Gasteiger partial charge in [-0.05, 0) is 19.9 Å². The van der Waals surface area contributed by atoms with E-state index in [1.807, 2.05) is 45.0 Å². The van der Waals surface area contributed by atoms with Crippen LogP contribution in [0.1, 0.15) is 23.9 Å². The minimum absolute atomic E-state index is 0.540. The lowest BCUT2D eigenvalue weighted by Gasteiger charge is -2.12. The average molecular weight is 202 g/mol. The second-order valence-corrected chi connectivity index (χ2v) is 3.38. The summed E-state index contributed by atoms with van der Waals surface area (Å²) in [7, 11) is 3.75. The van der Waals surface area contributed by atoms with Gasteiger partial charge in [-0.3, -0.25) is 0 Å². The van der Waals surface area contributed by atoms with E-state index in [2.05, 4.69) is 16.0 Å². The number of aromatic nitrogens is 2. The molecule has 4 heteroatoms. The lowest BCUT2D eigenvalue weighted by Crippen LogP contribution is -2.14. The van der Waals surface area contributed by atoms with Crippen LogP contribution in [0.5, 0.6) is 0 Å². The van der Waals surface area contributed by atoms with E-state index in [9.17, 15) is 0 Å². The fourth-order valence-corrected chi connectivity index (χ4v) is 1.20. The van der Waals surface area contributed by atoms with Gasteiger partial charge in [-0.2, -0.15) is 5.26 Å². The Labute approximate surface area is 89.9 Å². The molecule has 1 rings (SSSR count). The number of allylic oxidation sites excluding steroid dienone is 1. The molecule has 0 aliphatic carbocycles. The van der Waals surface area contributed by atoms with Gasteiger partial charge in [0.25, 0.3) is 0 Å². The topological polar surface area (TPSA) is 52.8 Å². The van der Waals surface area contributed by atoms with Gasteiger partial charge in [0, 0.05) is 14.1 Å². The summed E-state index contributed by atoms with van der Waals surface area (Å²) in [5, 5.41) is 8.98. The first-order valence-electron chi connectivity index (χ1n) is 4.69. The van der Waals surface area contributed by atoms with Crippen molar-refractivity contribution in [2.45, 2.75) is 13.8 Å². The SMILES string of the molecule is C/C=C/c1nc(N(C)C)nc(C)c1C#N. The largest absolute Gasteiger partial charge is 0.347 e. The minimum Gasteiger partial charge on any atom is -0.347 e. The molecule has 0 fully saturated rings. The maximum Gasteiger partial charge on any atom is 0.225 e. The molecule has 0 amide bonds. The maximum absolute atomic E-state index is 8.98. The molecule has 0 saturated carbocycles. The summed E-state index contributed by atoms with van der Waals surface area (Å²) >= 11 is 0. The Bertz CT molecular complexity index is 427. The molecule has 0 atom stereocenters. The van der Waals surface area contributed by atoms with E-state index in [1.54, 1.807) is 0 Å². The Hall–Kier alpha value is -1.89. The molecule has 1 heterocycles. The van der Waals surface area contributed by atoms with Gasteiger partial charge in [-0.15, -0.1) is 0 Å². The van der Waals surface area contributed by atoms with E-state index in [1.165, 1.54) is 0 Å². The van der Waals surface area contributed by atoms with Gasteiger partial charge in [-0.25, -0.2) is 9.97 Å². The lowest BCUT2D eigenvalue weighted by atomic mass is 10.2. The van der Waals surface area contributed by atoms with E-state index < -0.39 is 0 Å². The molecule has 78 valence electrons. The van der Waals surface area contributed by atoms with Crippen LogP contribution >= 0.6 is 0 Å². The van der Waals surface area contributed by atoms with Gasteiger partial charge in [0.2, 0.25) is 5.95 Å². The van der Waals surface area contributed by atoms with E-state index in [4.69, 9.17) is 5.26 Å². The molecule has 0 aromatic carbocycles. The number of aryl methyl sites for hydroxylation is 1. The normalized spacial score (nSPS) is 10.3. The fourth-order valence-electron chi connectivity index (χ4n) is 1.20. The second-order valence-electron chi connectivity index (χ2n) is 3.38. The number of nitrogens with zero attached hydrogens (tertiary/aromatic N) is 4.